The average molecular weight is 354 g/mol. The molecule has 1 unspecified atom stereocenters. The van der Waals surface area contributed by atoms with E-state index in [9.17, 15) is 4.79 Å². The molecule has 0 amide bonds. The van der Waals surface area contributed by atoms with Gasteiger partial charge in [-0.25, -0.2) is 0 Å². The molecule has 5 heteroatoms. The van der Waals surface area contributed by atoms with Gasteiger partial charge in [0.25, 0.3) is 0 Å². The molecule has 2 N–H and O–H groups in total. The lowest BCUT2D eigenvalue weighted by atomic mass is 10.1. The third-order valence-corrected chi connectivity index (χ3v) is 4.54. The highest BCUT2D eigenvalue weighted by Gasteiger charge is 2.22. The highest BCUT2D eigenvalue weighted by atomic mass is 32.1. The Morgan fingerprint density at radius 1 is 1.12 bits per heavy atom. The molecule has 0 fully saturated rings. The lowest BCUT2D eigenvalue weighted by Crippen LogP contribution is -2.38. The van der Waals surface area contributed by atoms with Crippen LogP contribution >= 0.6 is 12.2 Å². The van der Waals surface area contributed by atoms with E-state index in [1.807, 2.05) is 30.3 Å². The van der Waals surface area contributed by atoms with Gasteiger partial charge in [-0.1, -0.05) is 54.6 Å². The second kappa shape index (κ2) is 8.62. The van der Waals surface area contributed by atoms with Gasteiger partial charge in [-0.2, -0.15) is 0 Å². The molecule has 0 bridgehead atoms. The minimum absolute atomic E-state index is 0.225. The summed E-state index contributed by atoms with van der Waals surface area (Å²) in [6.45, 7) is 0.801. The van der Waals surface area contributed by atoms with Crippen molar-refractivity contribution in [2.24, 2.45) is 0 Å². The van der Waals surface area contributed by atoms with Crippen molar-refractivity contribution >= 4 is 23.3 Å². The van der Waals surface area contributed by atoms with E-state index in [0.29, 0.717) is 24.7 Å². The van der Waals surface area contributed by atoms with Gasteiger partial charge in [0.15, 0.2) is 5.11 Å². The smallest absolute Gasteiger partial charge is 0.310 e. The summed E-state index contributed by atoms with van der Waals surface area (Å²) in [6, 6.07) is 18.3. The maximum Gasteiger partial charge on any atom is 0.310 e. The standard InChI is InChI=1S/C20H22N2O2S/c23-19(14-15-6-2-1-3-7-15)24-13-12-21-20(25)22-18-11-10-16-8-4-5-9-17(16)18/h1-9,18H,10-14H2,(H2,21,22,25). The first kappa shape index (κ1) is 17.4. The Kier molecular flexibility index (Phi) is 6.01. The number of fused-ring (bicyclic) bond motifs is 1. The Balaban J connectivity index is 1.34. The van der Waals surface area contributed by atoms with Crippen LogP contribution in [0.2, 0.25) is 0 Å². The molecule has 25 heavy (non-hydrogen) atoms. The van der Waals surface area contributed by atoms with Gasteiger partial charge in [-0.3, -0.25) is 4.79 Å². The fourth-order valence-corrected chi connectivity index (χ4v) is 3.30. The van der Waals surface area contributed by atoms with E-state index >= 15 is 0 Å². The van der Waals surface area contributed by atoms with Gasteiger partial charge < -0.3 is 15.4 Å². The van der Waals surface area contributed by atoms with Crippen LogP contribution in [0.1, 0.15) is 29.2 Å². The summed E-state index contributed by atoms with van der Waals surface area (Å²) in [5, 5.41) is 7.04. The van der Waals surface area contributed by atoms with Crippen LogP contribution in [0.25, 0.3) is 0 Å². The number of carbonyl (C=O) groups is 1. The number of hydrogen-bond donors (Lipinski definition) is 2. The summed E-state index contributed by atoms with van der Waals surface area (Å²) in [4.78, 5) is 11.8. The van der Waals surface area contributed by atoms with Crippen LogP contribution in [0, 0.1) is 0 Å². The number of nitrogens with one attached hydrogen (secondary N) is 2. The fraction of sp³-hybridized carbons (Fsp3) is 0.300. The van der Waals surface area contributed by atoms with E-state index < -0.39 is 0 Å². The first-order valence-electron chi connectivity index (χ1n) is 8.54. The van der Waals surface area contributed by atoms with Crippen molar-refractivity contribution in [2.45, 2.75) is 25.3 Å². The zero-order chi connectivity index (χ0) is 17.5. The number of benzene rings is 2. The summed E-state index contributed by atoms with van der Waals surface area (Å²) in [5.41, 5.74) is 3.66. The van der Waals surface area contributed by atoms with E-state index in [4.69, 9.17) is 17.0 Å². The van der Waals surface area contributed by atoms with Crippen LogP contribution in [-0.2, 0) is 22.4 Å². The SMILES string of the molecule is O=C(Cc1ccccc1)OCCNC(=S)NC1CCc2ccccc21. The van der Waals surface area contributed by atoms with E-state index in [2.05, 4.69) is 34.9 Å². The fourth-order valence-electron chi connectivity index (χ4n) is 3.06. The number of hydrogen-bond acceptors (Lipinski definition) is 3. The first-order valence-corrected chi connectivity index (χ1v) is 8.95. The normalized spacial score (nSPS) is 15.3. The molecule has 1 atom stereocenters. The van der Waals surface area contributed by atoms with Gasteiger partial charge in [-0.05, 0) is 41.7 Å². The molecule has 1 aliphatic rings. The molecule has 2 aromatic carbocycles. The highest BCUT2D eigenvalue weighted by molar-refractivity contribution is 7.80. The van der Waals surface area contributed by atoms with Crippen molar-refractivity contribution in [3.05, 3.63) is 71.3 Å². The average Bonchev–Trinajstić information content (AvgIpc) is 3.03. The maximum absolute atomic E-state index is 11.8. The van der Waals surface area contributed by atoms with Crippen molar-refractivity contribution in [1.29, 1.82) is 0 Å². The molecule has 3 rings (SSSR count). The van der Waals surface area contributed by atoms with Crippen molar-refractivity contribution in [2.75, 3.05) is 13.2 Å². The molecule has 0 aliphatic heterocycles. The predicted molar refractivity (Wildman–Crippen MR) is 102 cm³/mol. The van der Waals surface area contributed by atoms with E-state index in [0.717, 1.165) is 18.4 Å². The molecule has 1 aliphatic carbocycles. The Bertz CT molecular complexity index is 733. The monoisotopic (exact) mass is 354 g/mol. The van der Waals surface area contributed by atoms with Gasteiger partial charge in [0.1, 0.15) is 6.61 Å². The molecule has 2 aromatic rings. The van der Waals surface area contributed by atoms with E-state index in [1.165, 1.54) is 11.1 Å². The number of carbonyl (C=O) groups excluding carboxylic acids is 1. The van der Waals surface area contributed by atoms with Crippen LogP contribution in [-0.4, -0.2) is 24.2 Å². The van der Waals surface area contributed by atoms with E-state index in [1.54, 1.807) is 0 Å². The third-order valence-electron chi connectivity index (χ3n) is 4.28. The van der Waals surface area contributed by atoms with Crippen molar-refractivity contribution in [1.82, 2.24) is 10.6 Å². The van der Waals surface area contributed by atoms with Gasteiger partial charge in [0.2, 0.25) is 0 Å². The molecular weight excluding hydrogens is 332 g/mol. The highest BCUT2D eigenvalue weighted by Crippen LogP contribution is 2.30. The molecule has 0 spiro atoms. The molecule has 0 saturated heterocycles. The summed E-state index contributed by atoms with van der Waals surface area (Å²) in [7, 11) is 0. The van der Waals surface area contributed by atoms with Gasteiger partial charge in [0.05, 0.1) is 19.0 Å². The molecule has 0 aromatic heterocycles. The Morgan fingerprint density at radius 2 is 1.88 bits per heavy atom. The summed E-state index contributed by atoms with van der Waals surface area (Å²) in [6.07, 6.45) is 2.42. The summed E-state index contributed by atoms with van der Waals surface area (Å²) < 4.78 is 5.23. The molecule has 4 nitrogen and oxygen atoms in total. The summed E-state index contributed by atoms with van der Waals surface area (Å²) in [5.74, 6) is -0.225. The van der Waals surface area contributed by atoms with Crippen molar-refractivity contribution < 1.29 is 9.53 Å². The lowest BCUT2D eigenvalue weighted by molar-refractivity contribution is -0.142. The van der Waals surface area contributed by atoms with Crippen molar-refractivity contribution in [3.8, 4) is 0 Å². The quantitative estimate of drug-likeness (QED) is 0.475. The van der Waals surface area contributed by atoms with Crippen molar-refractivity contribution in [3.63, 3.8) is 0 Å². The third kappa shape index (κ3) is 5.03. The Morgan fingerprint density at radius 3 is 2.72 bits per heavy atom. The predicted octanol–water partition coefficient (Wildman–Crippen LogP) is 2.92. The molecule has 0 saturated carbocycles. The van der Waals surface area contributed by atoms with Crippen LogP contribution in [0.4, 0.5) is 0 Å². The lowest BCUT2D eigenvalue weighted by Gasteiger charge is -2.17. The molecule has 0 heterocycles. The summed E-state index contributed by atoms with van der Waals surface area (Å²) >= 11 is 5.34. The topological polar surface area (TPSA) is 50.4 Å². The number of ether oxygens (including phenoxy) is 1. The molecular formula is C20H22N2O2S. The maximum atomic E-state index is 11.8. The molecule has 0 radical (unpaired) electrons. The van der Waals surface area contributed by atoms with Crippen LogP contribution in [0.15, 0.2) is 54.6 Å². The minimum Gasteiger partial charge on any atom is -0.464 e. The largest absolute Gasteiger partial charge is 0.464 e. The molecule has 130 valence electrons. The Hall–Kier alpha value is -2.40. The number of rotatable bonds is 6. The van der Waals surface area contributed by atoms with Crippen LogP contribution in [0.3, 0.4) is 0 Å². The zero-order valence-corrected chi connectivity index (χ0v) is 14.9. The van der Waals surface area contributed by atoms with Crippen LogP contribution < -0.4 is 10.6 Å². The van der Waals surface area contributed by atoms with Gasteiger partial charge in [0, 0.05) is 0 Å². The Labute approximate surface area is 153 Å². The number of thiocarbonyl (C=S) groups is 1. The second-order valence-corrected chi connectivity index (χ2v) is 6.48. The zero-order valence-electron chi connectivity index (χ0n) is 14.0. The van der Waals surface area contributed by atoms with Gasteiger partial charge >= 0.3 is 5.97 Å². The van der Waals surface area contributed by atoms with Gasteiger partial charge in [-0.15, -0.1) is 0 Å². The first-order chi connectivity index (χ1) is 12.2. The minimum atomic E-state index is -0.225. The van der Waals surface area contributed by atoms with E-state index in [-0.39, 0.29) is 12.0 Å². The number of aryl methyl sites for hydroxylation is 1. The number of esters is 1. The second-order valence-electron chi connectivity index (χ2n) is 6.07. The van der Waals surface area contributed by atoms with Crippen LogP contribution in [0.5, 0.6) is 0 Å².